The molecule has 2 rings (SSSR count). The Labute approximate surface area is 119 Å². The molecule has 0 fully saturated rings. The molecule has 0 aliphatic carbocycles. The highest BCUT2D eigenvalue weighted by molar-refractivity contribution is 9.10. The summed E-state index contributed by atoms with van der Waals surface area (Å²) in [5.41, 5.74) is 1.06. The molecule has 0 radical (unpaired) electrons. The van der Waals surface area contributed by atoms with Gasteiger partial charge in [-0.2, -0.15) is 0 Å². The van der Waals surface area contributed by atoms with Gasteiger partial charge in [0.05, 0.1) is 6.04 Å². The van der Waals surface area contributed by atoms with Crippen LogP contribution in [0.15, 0.2) is 34.8 Å². The number of anilines is 1. The fourth-order valence-electron chi connectivity index (χ4n) is 1.60. The van der Waals surface area contributed by atoms with E-state index in [9.17, 15) is 0 Å². The lowest BCUT2D eigenvalue weighted by molar-refractivity contribution is 0.907. The van der Waals surface area contributed by atoms with Crippen molar-refractivity contribution >= 4 is 44.6 Å². The van der Waals surface area contributed by atoms with Gasteiger partial charge in [0.15, 0.2) is 0 Å². The second-order valence-corrected chi connectivity index (χ2v) is 6.55. The minimum absolute atomic E-state index is 0.297. The number of nitrogens with one attached hydrogen (secondary N) is 1. The molecule has 0 aliphatic heterocycles. The van der Waals surface area contributed by atoms with Gasteiger partial charge in [0, 0.05) is 24.9 Å². The van der Waals surface area contributed by atoms with E-state index < -0.39 is 0 Å². The second kappa shape index (κ2) is 5.42. The third-order valence-corrected chi connectivity index (χ3v) is 4.57. The molecule has 90 valence electrons. The number of thiophene rings is 1. The van der Waals surface area contributed by atoms with E-state index in [2.05, 4.69) is 47.2 Å². The zero-order valence-corrected chi connectivity index (χ0v) is 12.8. The van der Waals surface area contributed by atoms with E-state index in [1.807, 2.05) is 29.5 Å². The molecule has 4 heteroatoms. The highest BCUT2D eigenvalue weighted by Crippen LogP contribution is 2.31. The first-order valence-corrected chi connectivity index (χ1v) is 7.33. The first-order valence-electron chi connectivity index (χ1n) is 5.34. The predicted octanol–water partition coefficient (Wildman–Crippen LogP) is 5.65. The van der Waals surface area contributed by atoms with E-state index in [-0.39, 0.29) is 0 Å². The number of benzene rings is 1. The van der Waals surface area contributed by atoms with Crippen molar-refractivity contribution in [3.63, 3.8) is 0 Å². The van der Waals surface area contributed by atoms with Crippen molar-refractivity contribution in [1.82, 2.24) is 0 Å². The minimum Gasteiger partial charge on any atom is -0.377 e. The first kappa shape index (κ1) is 12.9. The van der Waals surface area contributed by atoms with Gasteiger partial charge in [0.2, 0.25) is 0 Å². The summed E-state index contributed by atoms with van der Waals surface area (Å²) in [6.07, 6.45) is 0. The summed E-state index contributed by atoms with van der Waals surface area (Å²) in [5.74, 6) is 0. The Bertz CT molecular complexity index is 524. The van der Waals surface area contributed by atoms with Crippen LogP contribution in [0.5, 0.6) is 0 Å². The Morgan fingerprint density at radius 3 is 2.65 bits per heavy atom. The fraction of sp³-hybridized carbons (Fsp3) is 0.231. The quantitative estimate of drug-likeness (QED) is 0.767. The average Bonchev–Trinajstić information content (AvgIpc) is 2.69. The topological polar surface area (TPSA) is 12.0 Å². The zero-order valence-electron chi connectivity index (χ0n) is 9.63. The van der Waals surface area contributed by atoms with Gasteiger partial charge in [-0.15, -0.1) is 11.3 Å². The van der Waals surface area contributed by atoms with Crippen LogP contribution in [0.1, 0.15) is 22.7 Å². The van der Waals surface area contributed by atoms with Gasteiger partial charge in [-0.25, -0.2) is 0 Å². The van der Waals surface area contributed by atoms with Crippen LogP contribution in [-0.4, -0.2) is 0 Å². The molecule has 1 aromatic heterocycles. The van der Waals surface area contributed by atoms with E-state index in [1.165, 1.54) is 9.75 Å². The summed E-state index contributed by atoms with van der Waals surface area (Å²) in [6, 6.07) is 10.4. The van der Waals surface area contributed by atoms with Crippen LogP contribution in [0.25, 0.3) is 0 Å². The maximum Gasteiger partial charge on any atom is 0.0578 e. The van der Waals surface area contributed by atoms with E-state index in [0.717, 1.165) is 15.2 Å². The first-order chi connectivity index (χ1) is 8.06. The average molecular weight is 331 g/mol. The van der Waals surface area contributed by atoms with Crippen LogP contribution < -0.4 is 5.32 Å². The van der Waals surface area contributed by atoms with Gasteiger partial charge in [-0.05, 0) is 60.1 Å². The van der Waals surface area contributed by atoms with E-state index in [1.54, 1.807) is 0 Å². The lowest BCUT2D eigenvalue weighted by atomic mass is 10.2. The van der Waals surface area contributed by atoms with Gasteiger partial charge < -0.3 is 5.32 Å². The van der Waals surface area contributed by atoms with Crippen molar-refractivity contribution < 1.29 is 0 Å². The zero-order chi connectivity index (χ0) is 12.4. The fourth-order valence-corrected chi connectivity index (χ4v) is 3.27. The van der Waals surface area contributed by atoms with Crippen molar-refractivity contribution in [1.29, 1.82) is 0 Å². The Kier molecular flexibility index (Phi) is 4.13. The lowest BCUT2D eigenvalue weighted by Crippen LogP contribution is -2.05. The maximum atomic E-state index is 5.92. The molecular formula is C13H13BrClNS. The lowest BCUT2D eigenvalue weighted by Gasteiger charge is -2.15. The Morgan fingerprint density at radius 2 is 2.06 bits per heavy atom. The van der Waals surface area contributed by atoms with Crippen molar-refractivity contribution in [2.24, 2.45) is 0 Å². The Hall–Kier alpha value is -0.510. The predicted molar refractivity (Wildman–Crippen MR) is 80.2 cm³/mol. The summed E-state index contributed by atoms with van der Waals surface area (Å²) in [5, 5.41) is 4.21. The monoisotopic (exact) mass is 329 g/mol. The third kappa shape index (κ3) is 3.24. The summed E-state index contributed by atoms with van der Waals surface area (Å²) in [4.78, 5) is 2.67. The molecule has 1 N–H and O–H groups in total. The van der Waals surface area contributed by atoms with Crippen LogP contribution in [-0.2, 0) is 0 Å². The van der Waals surface area contributed by atoms with Crippen molar-refractivity contribution in [3.05, 3.63) is 49.6 Å². The molecule has 1 unspecified atom stereocenters. The number of aryl methyl sites for hydroxylation is 1. The van der Waals surface area contributed by atoms with Gasteiger partial charge in [-0.1, -0.05) is 11.6 Å². The van der Waals surface area contributed by atoms with Crippen LogP contribution in [0.3, 0.4) is 0 Å². The SMILES string of the molecule is Cc1ccc(C(C)Nc2ccc(Cl)cc2Br)s1. The molecule has 0 spiro atoms. The number of hydrogen-bond donors (Lipinski definition) is 1. The van der Waals surface area contributed by atoms with Crippen LogP contribution >= 0.6 is 38.9 Å². The molecule has 0 amide bonds. The largest absolute Gasteiger partial charge is 0.377 e. The number of hydrogen-bond acceptors (Lipinski definition) is 2. The normalized spacial score (nSPS) is 12.5. The summed E-state index contributed by atoms with van der Waals surface area (Å²) >= 11 is 11.2. The molecule has 0 saturated carbocycles. The molecular weight excluding hydrogens is 318 g/mol. The molecule has 0 aliphatic rings. The molecule has 1 nitrogen and oxygen atoms in total. The van der Waals surface area contributed by atoms with Crippen LogP contribution in [0.4, 0.5) is 5.69 Å². The van der Waals surface area contributed by atoms with Gasteiger partial charge in [0.25, 0.3) is 0 Å². The smallest absolute Gasteiger partial charge is 0.0578 e. The van der Waals surface area contributed by atoms with Crippen molar-refractivity contribution in [2.75, 3.05) is 5.32 Å². The molecule has 17 heavy (non-hydrogen) atoms. The summed E-state index contributed by atoms with van der Waals surface area (Å²) in [6.45, 7) is 4.28. The van der Waals surface area contributed by atoms with Crippen LogP contribution in [0, 0.1) is 6.92 Å². The highest BCUT2D eigenvalue weighted by Gasteiger charge is 2.09. The molecule has 1 atom stereocenters. The Morgan fingerprint density at radius 1 is 1.29 bits per heavy atom. The number of rotatable bonds is 3. The highest BCUT2D eigenvalue weighted by atomic mass is 79.9. The van der Waals surface area contributed by atoms with E-state index in [0.29, 0.717) is 6.04 Å². The molecule has 2 aromatic rings. The van der Waals surface area contributed by atoms with Gasteiger partial charge >= 0.3 is 0 Å². The maximum absolute atomic E-state index is 5.92. The van der Waals surface area contributed by atoms with E-state index in [4.69, 9.17) is 11.6 Å². The van der Waals surface area contributed by atoms with Crippen molar-refractivity contribution in [2.45, 2.75) is 19.9 Å². The summed E-state index contributed by atoms with van der Waals surface area (Å²) in [7, 11) is 0. The second-order valence-electron chi connectivity index (χ2n) is 3.94. The van der Waals surface area contributed by atoms with Gasteiger partial charge in [-0.3, -0.25) is 0 Å². The van der Waals surface area contributed by atoms with Crippen molar-refractivity contribution in [3.8, 4) is 0 Å². The number of halogens is 2. The standard InChI is InChI=1S/C13H13BrClNS/c1-8-3-6-13(17-8)9(2)16-12-5-4-10(15)7-11(12)14/h3-7,9,16H,1-2H3. The van der Waals surface area contributed by atoms with Gasteiger partial charge in [0.1, 0.15) is 0 Å². The Balaban J connectivity index is 2.15. The molecule has 0 saturated heterocycles. The summed E-state index contributed by atoms with van der Waals surface area (Å²) < 4.78 is 0.991. The third-order valence-electron chi connectivity index (χ3n) is 2.49. The van der Waals surface area contributed by atoms with E-state index >= 15 is 0 Å². The molecule has 1 heterocycles. The molecule has 1 aromatic carbocycles. The van der Waals surface area contributed by atoms with Crippen LogP contribution in [0.2, 0.25) is 5.02 Å². The minimum atomic E-state index is 0.297. The molecule has 0 bridgehead atoms.